The summed E-state index contributed by atoms with van der Waals surface area (Å²) in [5, 5.41) is 9.69. The van der Waals surface area contributed by atoms with Crippen LogP contribution in [0.4, 0.5) is 0 Å². The highest BCUT2D eigenvalue weighted by atomic mass is 16.2. The topological polar surface area (TPSA) is 149 Å². The number of nitrogens with two attached hydrogens (primary N) is 1. The lowest BCUT2D eigenvalue weighted by atomic mass is 9.99. The van der Waals surface area contributed by atoms with Gasteiger partial charge in [-0.1, -0.05) is 78.9 Å². The molecule has 1 aromatic heterocycles. The SMILES string of the molecule is N[C@@H]1C[C@@H]2C(=O)N[C@@H](Cc3ccccc3)C(=O)N[C@H](Cc3c[nH]c4ccccc34)C(=O)N[C@@H](Cc3ccccc3)C(=O)N2C1. The molecule has 2 aliphatic heterocycles. The lowest BCUT2D eigenvalue weighted by molar-refractivity contribution is -0.143. The van der Waals surface area contributed by atoms with Gasteiger partial charge in [-0.2, -0.15) is 0 Å². The van der Waals surface area contributed by atoms with Gasteiger partial charge in [-0.05, 0) is 29.2 Å². The van der Waals surface area contributed by atoms with Crippen molar-refractivity contribution in [3.63, 3.8) is 0 Å². The fourth-order valence-electron chi connectivity index (χ4n) is 6.21. The second kappa shape index (κ2) is 12.7. The molecule has 4 amide bonds. The number of hydrogen-bond acceptors (Lipinski definition) is 5. The molecule has 5 atom stereocenters. The van der Waals surface area contributed by atoms with Crippen molar-refractivity contribution in [1.29, 1.82) is 0 Å². The maximum Gasteiger partial charge on any atom is 0.246 e. The van der Waals surface area contributed by atoms with Crippen molar-refractivity contribution in [3.05, 3.63) is 108 Å². The van der Waals surface area contributed by atoms with Crippen molar-refractivity contribution in [2.24, 2.45) is 5.73 Å². The molecule has 4 aromatic rings. The van der Waals surface area contributed by atoms with E-state index < -0.39 is 47.9 Å². The molecule has 6 N–H and O–H groups in total. The lowest BCUT2D eigenvalue weighted by Crippen LogP contribution is -2.62. The largest absolute Gasteiger partial charge is 0.361 e. The zero-order valence-electron chi connectivity index (χ0n) is 24.2. The number of nitrogens with one attached hydrogen (secondary N) is 4. The number of rotatable bonds is 6. The summed E-state index contributed by atoms with van der Waals surface area (Å²) in [7, 11) is 0. The normalized spacial score (nSPS) is 24.6. The van der Waals surface area contributed by atoms with E-state index in [-0.39, 0.29) is 38.1 Å². The Balaban J connectivity index is 1.37. The summed E-state index contributed by atoms with van der Waals surface area (Å²) in [4.78, 5) is 60.5. The molecule has 10 nitrogen and oxygen atoms in total. The Morgan fingerprint density at radius 2 is 1.20 bits per heavy atom. The van der Waals surface area contributed by atoms with Gasteiger partial charge >= 0.3 is 0 Å². The first-order valence-electron chi connectivity index (χ1n) is 15.0. The molecule has 3 aromatic carbocycles. The van der Waals surface area contributed by atoms with E-state index in [0.29, 0.717) is 0 Å². The lowest BCUT2D eigenvalue weighted by Gasteiger charge is -2.32. The predicted molar refractivity (Wildman–Crippen MR) is 166 cm³/mol. The Kier molecular flexibility index (Phi) is 8.42. The zero-order chi connectivity index (χ0) is 30.6. The molecule has 0 saturated carbocycles. The zero-order valence-corrected chi connectivity index (χ0v) is 24.2. The summed E-state index contributed by atoms with van der Waals surface area (Å²) in [5.74, 6) is -1.79. The molecule has 6 rings (SSSR count). The molecule has 0 spiro atoms. The van der Waals surface area contributed by atoms with Gasteiger partial charge in [0, 0.05) is 48.9 Å². The first-order chi connectivity index (χ1) is 21.4. The number of amides is 4. The average molecular weight is 593 g/mol. The molecule has 2 aliphatic rings. The Hall–Kier alpha value is -4.96. The summed E-state index contributed by atoms with van der Waals surface area (Å²) >= 11 is 0. The number of H-pyrrole nitrogens is 1. The van der Waals surface area contributed by atoms with E-state index in [1.807, 2.05) is 91.1 Å². The molecule has 3 heterocycles. The van der Waals surface area contributed by atoms with Crippen LogP contribution in [0.1, 0.15) is 23.1 Å². The number of fused-ring (bicyclic) bond motifs is 2. The van der Waals surface area contributed by atoms with Gasteiger partial charge in [0.2, 0.25) is 23.6 Å². The van der Waals surface area contributed by atoms with Crippen molar-refractivity contribution >= 4 is 34.5 Å². The van der Waals surface area contributed by atoms with Gasteiger partial charge in [0.1, 0.15) is 24.2 Å². The van der Waals surface area contributed by atoms with Gasteiger partial charge in [0.15, 0.2) is 0 Å². The molecule has 10 heteroatoms. The van der Waals surface area contributed by atoms with Crippen LogP contribution in [0, 0.1) is 0 Å². The van der Waals surface area contributed by atoms with E-state index in [9.17, 15) is 19.2 Å². The molecule has 226 valence electrons. The number of carbonyl (C=O) groups is 4. The van der Waals surface area contributed by atoms with Crippen molar-refractivity contribution < 1.29 is 19.2 Å². The van der Waals surface area contributed by atoms with Crippen LogP contribution < -0.4 is 21.7 Å². The third kappa shape index (κ3) is 6.35. The first kappa shape index (κ1) is 29.1. The van der Waals surface area contributed by atoms with E-state index in [1.165, 1.54) is 4.90 Å². The molecule has 0 bridgehead atoms. The van der Waals surface area contributed by atoms with Crippen molar-refractivity contribution in [2.45, 2.75) is 55.9 Å². The van der Waals surface area contributed by atoms with Crippen LogP contribution in [-0.2, 0) is 38.4 Å². The Bertz CT molecular complexity index is 1660. The summed E-state index contributed by atoms with van der Waals surface area (Å²) in [6, 6.07) is 22.2. The third-order valence-electron chi connectivity index (χ3n) is 8.46. The Morgan fingerprint density at radius 1 is 0.659 bits per heavy atom. The molecule has 0 unspecified atom stereocenters. The molecule has 0 radical (unpaired) electrons. The van der Waals surface area contributed by atoms with Crippen molar-refractivity contribution in [3.8, 4) is 0 Å². The average Bonchev–Trinajstić information content (AvgIpc) is 3.63. The minimum Gasteiger partial charge on any atom is -0.361 e. The molecule has 2 saturated heterocycles. The monoisotopic (exact) mass is 592 g/mol. The summed E-state index contributed by atoms with van der Waals surface area (Å²) in [6.45, 7) is 0.173. The second-order valence-electron chi connectivity index (χ2n) is 11.6. The maximum absolute atomic E-state index is 14.1. The van der Waals surface area contributed by atoms with Gasteiger partial charge in [-0.3, -0.25) is 19.2 Å². The van der Waals surface area contributed by atoms with Crippen LogP contribution in [0.2, 0.25) is 0 Å². The number of carbonyl (C=O) groups excluding carboxylic acids is 4. The van der Waals surface area contributed by atoms with Crippen LogP contribution >= 0.6 is 0 Å². The molecule has 44 heavy (non-hydrogen) atoms. The van der Waals surface area contributed by atoms with E-state index in [0.717, 1.165) is 27.6 Å². The number of aromatic nitrogens is 1. The quantitative estimate of drug-likeness (QED) is 0.231. The van der Waals surface area contributed by atoms with Crippen molar-refractivity contribution in [2.75, 3.05) is 6.54 Å². The highest BCUT2D eigenvalue weighted by molar-refractivity contribution is 5.98. The molecular weight excluding hydrogens is 556 g/mol. The maximum atomic E-state index is 14.1. The third-order valence-corrected chi connectivity index (χ3v) is 8.46. The highest BCUT2D eigenvalue weighted by Crippen LogP contribution is 2.22. The van der Waals surface area contributed by atoms with Crippen LogP contribution in [-0.4, -0.2) is 70.3 Å². The van der Waals surface area contributed by atoms with Crippen LogP contribution in [0.3, 0.4) is 0 Å². The van der Waals surface area contributed by atoms with Gasteiger partial charge < -0.3 is 31.6 Å². The standard InChI is InChI=1S/C34H36N6O4/c35-24-18-30-33(43)38-27(15-21-9-3-1-4-10-21)31(41)37-28(17-23-19-36-26-14-8-7-13-25(23)26)32(42)39-29(34(44)40(30)20-24)16-22-11-5-2-6-12-22/h1-14,19,24,27-30,36H,15-18,20,35H2,(H,37,41)(H,38,43)(H,39,42)/t24-,27+,28-,29+,30-/m1/s1. The minimum absolute atomic E-state index is 0.173. The fraction of sp³-hybridized carbons (Fsp3) is 0.294. The molecular formula is C34H36N6O4. The molecule has 2 fully saturated rings. The van der Waals surface area contributed by atoms with Crippen LogP contribution in [0.15, 0.2) is 91.1 Å². The first-order valence-corrected chi connectivity index (χ1v) is 15.0. The Morgan fingerprint density at radius 3 is 1.89 bits per heavy atom. The summed E-state index contributed by atoms with van der Waals surface area (Å²) in [5.41, 5.74) is 9.71. The van der Waals surface area contributed by atoms with Crippen molar-refractivity contribution in [1.82, 2.24) is 25.8 Å². The predicted octanol–water partition coefficient (Wildman–Crippen LogP) is 1.59. The second-order valence-corrected chi connectivity index (χ2v) is 11.6. The molecule has 0 aliphatic carbocycles. The smallest absolute Gasteiger partial charge is 0.246 e. The number of aromatic amines is 1. The van der Waals surface area contributed by atoms with Gasteiger partial charge in [0.05, 0.1) is 0 Å². The fourth-order valence-corrected chi connectivity index (χ4v) is 6.21. The van der Waals surface area contributed by atoms with Gasteiger partial charge in [-0.15, -0.1) is 0 Å². The summed E-state index contributed by atoms with van der Waals surface area (Å²) in [6.07, 6.45) is 2.69. The van der Waals surface area contributed by atoms with Crippen LogP contribution in [0.5, 0.6) is 0 Å². The van der Waals surface area contributed by atoms with E-state index in [4.69, 9.17) is 5.73 Å². The number of hydrogen-bond donors (Lipinski definition) is 5. The van der Waals surface area contributed by atoms with E-state index in [1.54, 1.807) is 0 Å². The van der Waals surface area contributed by atoms with Crippen LogP contribution in [0.25, 0.3) is 10.9 Å². The van der Waals surface area contributed by atoms with E-state index in [2.05, 4.69) is 20.9 Å². The minimum atomic E-state index is -1.01. The van der Waals surface area contributed by atoms with Gasteiger partial charge in [-0.25, -0.2) is 0 Å². The summed E-state index contributed by atoms with van der Waals surface area (Å²) < 4.78 is 0. The number of benzene rings is 3. The number of nitrogens with zero attached hydrogens (tertiary/aromatic N) is 1. The van der Waals surface area contributed by atoms with Gasteiger partial charge in [0.25, 0.3) is 0 Å². The Labute approximate surface area is 255 Å². The number of para-hydroxylation sites is 1. The van der Waals surface area contributed by atoms with E-state index >= 15 is 0 Å². The highest BCUT2D eigenvalue weighted by Gasteiger charge is 2.43.